The molecule has 1 saturated heterocycles. The molecule has 0 spiro atoms. The molecule has 33 heavy (non-hydrogen) atoms. The first kappa shape index (κ1) is 22.4. The molecule has 0 saturated carbocycles. The molecule has 4 rings (SSSR count). The van der Waals surface area contributed by atoms with Crippen molar-refractivity contribution in [1.29, 1.82) is 0 Å². The SMILES string of the molecule is O=C(c1ccc(Cl)cc1)[C@H]1C(=O)N(c2ccc(Cl)cc2)C(=O)N[C@H]1c1ccc([N+](=O)[O-])cc1. The normalized spacial score (nSPS) is 18.1. The Morgan fingerprint density at radius 3 is 1.97 bits per heavy atom. The van der Waals surface area contributed by atoms with Crippen LogP contribution in [0.5, 0.6) is 0 Å². The Labute approximate surface area is 197 Å². The van der Waals surface area contributed by atoms with Crippen molar-refractivity contribution in [3.63, 3.8) is 0 Å². The van der Waals surface area contributed by atoms with Gasteiger partial charge < -0.3 is 5.32 Å². The zero-order valence-corrected chi connectivity index (χ0v) is 18.3. The summed E-state index contributed by atoms with van der Waals surface area (Å²) in [6.07, 6.45) is 0. The summed E-state index contributed by atoms with van der Waals surface area (Å²) < 4.78 is 0. The monoisotopic (exact) mass is 483 g/mol. The molecule has 1 aliphatic heterocycles. The van der Waals surface area contributed by atoms with Crippen LogP contribution in [0, 0.1) is 16.0 Å². The third kappa shape index (κ3) is 4.44. The molecule has 0 aromatic heterocycles. The minimum Gasteiger partial charge on any atom is -0.329 e. The lowest BCUT2D eigenvalue weighted by atomic mass is 9.84. The number of nitrogens with one attached hydrogen (secondary N) is 1. The van der Waals surface area contributed by atoms with Gasteiger partial charge >= 0.3 is 6.03 Å². The lowest BCUT2D eigenvalue weighted by molar-refractivity contribution is -0.384. The molecule has 0 bridgehead atoms. The van der Waals surface area contributed by atoms with Gasteiger partial charge in [-0.1, -0.05) is 35.3 Å². The van der Waals surface area contributed by atoms with Gasteiger partial charge in [0.05, 0.1) is 16.7 Å². The molecule has 3 aromatic carbocycles. The minimum absolute atomic E-state index is 0.157. The van der Waals surface area contributed by atoms with Crippen LogP contribution in [0.25, 0.3) is 0 Å². The van der Waals surface area contributed by atoms with Crippen molar-refractivity contribution in [2.45, 2.75) is 6.04 Å². The highest BCUT2D eigenvalue weighted by atomic mass is 35.5. The molecule has 3 amide bonds. The lowest BCUT2D eigenvalue weighted by Gasteiger charge is -2.37. The maximum Gasteiger partial charge on any atom is 0.329 e. The van der Waals surface area contributed by atoms with E-state index in [1.807, 2.05) is 0 Å². The van der Waals surface area contributed by atoms with Crippen molar-refractivity contribution in [3.05, 3.63) is 104 Å². The first-order valence-electron chi connectivity index (χ1n) is 9.70. The van der Waals surface area contributed by atoms with Gasteiger partial charge in [-0.15, -0.1) is 0 Å². The van der Waals surface area contributed by atoms with E-state index in [0.717, 1.165) is 4.90 Å². The van der Waals surface area contributed by atoms with Crippen LogP contribution >= 0.6 is 23.2 Å². The van der Waals surface area contributed by atoms with Gasteiger partial charge in [-0.25, -0.2) is 9.69 Å². The van der Waals surface area contributed by atoms with Gasteiger partial charge in [0.1, 0.15) is 5.92 Å². The molecule has 0 unspecified atom stereocenters. The number of non-ortho nitro benzene ring substituents is 1. The van der Waals surface area contributed by atoms with Crippen LogP contribution in [-0.2, 0) is 4.79 Å². The Kier molecular flexibility index (Phi) is 6.13. The van der Waals surface area contributed by atoms with Crippen molar-refractivity contribution in [2.24, 2.45) is 5.92 Å². The third-order valence-electron chi connectivity index (χ3n) is 5.26. The molecule has 1 N–H and O–H groups in total. The number of rotatable bonds is 5. The average Bonchev–Trinajstić information content (AvgIpc) is 2.80. The summed E-state index contributed by atoms with van der Waals surface area (Å²) in [7, 11) is 0. The van der Waals surface area contributed by atoms with Crippen LogP contribution < -0.4 is 10.2 Å². The summed E-state index contributed by atoms with van der Waals surface area (Å²) in [5, 5.41) is 14.5. The van der Waals surface area contributed by atoms with Gasteiger partial charge in [0.25, 0.3) is 5.69 Å². The highest BCUT2D eigenvalue weighted by molar-refractivity contribution is 6.31. The van der Waals surface area contributed by atoms with E-state index < -0.39 is 34.6 Å². The smallest absolute Gasteiger partial charge is 0.329 e. The number of hydrogen-bond donors (Lipinski definition) is 1. The third-order valence-corrected chi connectivity index (χ3v) is 5.76. The van der Waals surface area contributed by atoms with E-state index in [2.05, 4.69) is 5.32 Å². The summed E-state index contributed by atoms with van der Waals surface area (Å²) in [6, 6.07) is 15.6. The molecule has 2 atom stereocenters. The molecule has 3 aromatic rings. The summed E-state index contributed by atoms with van der Waals surface area (Å²) in [4.78, 5) is 51.2. The number of imide groups is 1. The summed E-state index contributed by atoms with van der Waals surface area (Å²) in [6.45, 7) is 0. The number of amides is 3. The highest BCUT2D eigenvalue weighted by Crippen LogP contribution is 2.34. The van der Waals surface area contributed by atoms with E-state index >= 15 is 0 Å². The number of nitro groups is 1. The number of carbonyl (C=O) groups excluding carboxylic acids is 3. The lowest BCUT2D eigenvalue weighted by Crippen LogP contribution is -2.58. The van der Waals surface area contributed by atoms with Crippen LogP contribution in [-0.4, -0.2) is 22.6 Å². The second-order valence-electron chi connectivity index (χ2n) is 7.27. The van der Waals surface area contributed by atoms with Crippen LogP contribution in [0.2, 0.25) is 10.0 Å². The molecule has 166 valence electrons. The summed E-state index contributed by atoms with van der Waals surface area (Å²) >= 11 is 11.8. The predicted molar refractivity (Wildman–Crippen MR) is 123 cm³/mol. The van der Waals surface area contributed by atoms with Crippen LogP contribution in [0.15, 0.2) is 72.8 Å². The fourth-order valence-corrected chi connectivity index (χ4v) is 3.89. The molecular formula is C23H15Cl2N3O5. The second-order valence-corrected chi connectivity index (χ2v) is 8.15. The number of urea groups is 1. The van der Waals surface area contributed by atoms with Gasteiger partial charge in [-0.3, -0.25) is 19.7 Å². The molecule has 8 nitrogen and oxygen atoms in total. The standard InChI is InChI=1S/C23H15Cl2N3O5/c24-15-5-1-14(2-6-15)21(29)19-20(13-3-9-18(10-4-13)28(32)33)26-23(31)27(22(19)30)17-11-7-16(25)8-12-17/h1-12,19-20H,(H,26,31)/t19-,20-/m0/s1. The van der Waals surface area contributed by atoms with Crippen molar-refractivity contribution in [2.75, 3.05) is 4.90 Å². The molecule has 1 fully saturated rings. The Morgan fingerprint density at radius 2 is 1.42 bits per heavy atom. The number of Topliss-reactive ketones (excluding diaryl/α,β-unsaturated/α-hetero) is 1. The van der Waals surface area contributed by atoms with Crippen LogP contribution in [0.4, 0.5) is 16.2 Å². The summed E-state index contributed by atoms with van der Waals surface area (Å²) in [5.41, 5.74) is 0.704. The molecule has 0 aliphatic carbocycles. The molecule has 1 aliphatic rings. The number of nitrogens with zero attached hydrogens (tertiary/aromatic N) is 2. The van der Waals surface area contributed by atoms with E-state index in [1.165, 1.54) is 72.8 Å². The fourth-order valence-electron chi connectivity index (χ4n) is 3.63. The zero-order valence-electron chi connectivity index (χ0n) is 16.8. The molecular weight excluding hydrogens is 469 g/mol. The molecule has 1 heterocycles. The van der Waals surface area contributed by atoms with E-state index in [-0.39, 0.29) is 16.9 Å². The number of anilines is 1. The predicted octanol–water partition coefficient (Wildman–Crippen LogP) is 5.20. The Hall–Kier alpha value is -3.75. The largest absolute Gasteiger partial charge is 0.329 e. The maximum absolute atomic E-state index is 13.5. The summed E-state index contributed by atoms with van der Waals surface area (Å²) in [5.74, 6) is -2.58. The van der Waals surface area contributed by atoms with E-state index in [0.29, 0.717) is 15.6 Å². The average molecular weight is 484 g/mol. The number of benzene rings is 3. The van der Waals surface area contributed by atoms with Crippen LogP contribution in [0.1, 0.15) is 22.0 Å². The van der Waals surface area contributed by atoms with Crippen molar-refractivity contribution < 1.29 is 19.3 Å². The first-order valence-corrected chi connectivity index (χ1v) is 10.5. The Balaban J connectivity index is 1.78. The maximum atomic E-state index is 13.5. The number of carbonyl (C=O) groups is 3. The molecule has 10 heteroatoms. The second kappa shape index (κ2) is 9.01. The first-order chi connectivity index (χ1) is 15.8. The number of halogens is 2. The number of hydrogen-bond acceptors (Lipinski definition) is 5. The van der Waals surface area contributed by atoms with Gasteiger partial charge in [-0.05, 0) is 54.1 Å². The quantitative estimate of drug-likeness (QED) is 0.232. The van der Waals surface area contributed by atoms with Crippen molar-refractivity contribution >= 4 is 52.3 Å². The Morgan fingerprint density at radius 1 is 0.879 bits per heavy atom. The van der Waals surface area contributed by atoms with Crippen molar-refractivity contribution in [1.82, 2.24) is 5.32 Å². The van der Waals surface area contributed by atoms with Gasteiger partial charge in [0, 0.05) is 27.7 Å². The van der Waals surface area contributed by atoms with E-state index in [9.17, 15) is 24.5 Å². The van der Waals surface area contributed by atoms with E-state index in [4.69, 9.17) is 23.2 Å². The van der Waals surface area contributed by atoms with Gasteiger partial charge in [0.2, 0.25) is 5.91 Å². The zero-order chi connectivity index (χ0) is 23.7. The molecule has 0 radical (unpaired) electrons. The van der Waals surface area contributed by atoms with Gasteiger partial charge in [0.15, 0.2) is 5.78 Å². The topological polar surface area (TPSA) is 110 Å². The Bertz CT molecular complexity index is 1240. The van der Waals surface area contributed by atoms with Gasteiger partial charge in [-0.2, -0.15) is 0 Å². The fraction of sp³-hybridized carbons (Fsp3) is 0.0870. The highest BCUT2D eigenvalue weighted by Gasteiger charge is 2.46. The van der Waals surface area contributed by atoms with Crippen LogP contribution in [0.3, 0.4) is 0 Å². The van der Waals surface area contributed by atoms with Crippen molar-refractivity contribution in [3.8, 4) is 0 Å². The minimum atomic E-state index is -1.32. The number of ketones is 1. The number of nitro benzene ring substituents is 1. The van der Waals surface area contributed by atoms with E-state index in [1.54, 1.807) is 0 Å².